The van der Waals surface area contributed by atoms with E-state index in [4.69, 9.17) is 5.73 Å². The predicted molar refractivity (Wildman–Crippen MR) is 85.8 cm³/mol. The zero-order valence-corrected chi connectivity index (χ0v) is 12.2. The number of benzene rings is 2. The van der Waals surface area contributed by atoms with Gasteiger partial charge in [-0.2, -0.15) is 0 Å². The molecule has 110 valence electrons. The van der Waals surface area contributed by atoms with Crippen LogP contribution in [0.3, 0.4) is 0 Å². The average molecular weight is 282 g/mol. The zero-order valence-electron chi connectivity index (χ0n) is 12.2. The number of hydrogen-bond donors (Lipinski definition) is 2. The molecule has 0 fully saturated rings. The molecular weight excluding hydrogens is 260 g/mol. The highest BCUT2D eigenvalue weighted by Crippen LogP contribution is 2.14. The number of carbonyl (C=O) groups is 1. The Balaban J connectivity index is 1.66. The number of rotatable bonds is 7. The molecule has 0 radical (unpaired) electrons. The summed E-state index contributed by atoms with van der Waals surface area (Å²) < 4.78 is 0. The van der Waals surface area contributed by atoms with Gasteiger partial charge >= 0.3 is 0 Å². The van der Waals surface area contributed by atoms with Crippen molar-refractivity contribution in [3.8, 4) is 0 Å². The fourth-order valence-electron chi connectivity index (χ4n) is 2.23. The molecule has 0 saturated carbocycles. The molecule has 0 aliphatic carbocycles. The molecule has 1 atom stereocenters. The molecule has 2 rings (SSSR count). The number of nitrogens with two attached hydrogens (primary N) is 1. The van der Waals surface area contributed by atoms with Crippen LogP contribution in [0.1, 0.15) is 30.0 Å². The van der Waals surface area contributed by atoms with Crippen LogP contribution < -0.4 is 11.1 Å². The summed E-state index contributed by atoms with van der Waals surface area (Å²) in [5, 5.41) is 2.94. The largest absolute Gasteiger partial charge is 0.356 e. The molecule has 1 unspecified atom stereocenters. The van der Waals surface area contributed by atoms with Crippen molar-refractivity contribution in [3.05, 3.63) is 71.8 Å². The average Bonchev–Trinajstić information content (AvgIpc) is 2.54. The second-order valence-corrected chi connectivity index (χ2v) is 5.14. The lowest BCUT2D eigenvalue weighted by atomic mass is 10.0. The van der Waals surface area contributed by atoms with E-state index in [1.807, 2.05) is 48.5 Å². The van der Waals surface area contributed by atoms with Gasteiger partial charge in [0.2, 0.25) is 5.91 Å². The van der Waals surface area contributed by atoms with Gasteiger partial charge < -0.3 is 11.1 Å². The Morgan fingerprint density at radius 2 is 1.62 bits per heavy atom. The second-order valence-electron chi connectivity index (χ2n) is 5.14. The lowest BCUT2D eigenvalue weighted by Crippen LogP contribution is -2.26. The maximum atomic E-state index is 11.8. The summed E-state index contributed by atoms with van der Waals surface area (Å²) in [5.41, 5.74) is 8.40. The van der Waals surface area contributed by atoms with E-state index in [0.717, 1.165) is 12.0 Å². The molecular formula is C18H22N2O. The number of amides is 1. The first kappa shape index (κ1) is 15.3. The standard InChI is InChI=1S/C18H22N2O/c19-17(16-9-5-2-6-10-16)11-12-18(21)20-14-13-15-7-3-1-4-8-15/h1-10,17H,11-14,19H2,(H,20,21). The summed E-state index contributed by atoms with van der Waals surface area (Å²) in [7, 11) is 0. The molecule has 3 nitrogen and oxygen atoms in total. The van der Waals surface area contributed by atoms with Crippen molar-refractivity contribution < 1.29 is 4.79 Å². The molecule has 0 saturated heterocycles. The SMILES string of the molecule is NC(CCC(=O)NCCc1ccccc1)c1ccccc1. The molecule has 0 aliphatic heterocycles. The van der Waals surface area contributed by atoms with Crippen LogP contribution in [0.15, 0.2) is 60.7 Å². The van der Waals surface area contributed by atoms with Gasteiger partial charge in [0.1, 0.15) is 0 Å². The molecule has 0 bridgehead atoms. The van der Waals surface area contributed by atoms with Gasteiger partial charge in [-0.05, 0) is 24.0 Å². The van der Waals surface area contributed by atoms with Crippen molar-refractivity contribution in [2.24, 2.45) is 5.73 Å². The number of hydrogen-bond acceptors (Lipinski definition) is 2. The van der Waals surface area contributed by atoms with Crippen molar-refractivity contribution >= 4 is 5.91 Å². The molecule has 3 heteroatoms. The first-order valence-corrected chi connectivity index (χ1v) is 7.37. The zero-order chi connectivity index (χ0) is 14.9. The van der Waals surface area contributed by atoms with Crippen LogP contribution in [0.25, 0.3) is 0 Å². The van der Waals surface area contributed by atoms with Gasteiger partial charge in [-0.15, -0.1) is 0 Å². The maximum absolute atomic E-state index is 11.8. The fourth-order valence-corrected chi connectivity index (χ4v) is 2.23. The van der Waals surface area contributed by atoms with Gasteiger partial charge in [0.25, 0.3) is 0 Å². The van der Waals surface area contributed by atoms with Crippen LogP contribution in [0.4, 0.5) is 0 Å². The lowest BCUT2D eigenvalue weighted by molar-refractivity contribution is -0.121. The highest BCUT2D eigenvalue weighted by atomic mass is 16.1. The molecule has 2 aromatic rings. The van der Waals surface area contributed by atoms with Crippen LogP contribution in [0, 0.1) is 0 Å². The summed E-state index contributed by atoms with van der Waals surface area (Å²) >= 11 is 0. The third-order valence-electron chi connectivity index (χ3n) is 3.49. The molecule has 0 spiro atoms. The molecule has 0 aromatic heterocycles. The summed E-state index contributed by atoms with van der Waals surface area (Å²) in [5.74, 6) is 0.0670. The Morgan fingerprint density at radius 3 is 2.29 bits per heavy atom. The van der Waals surface area contributed by atoms with Crippen LogP contribution in [-0.4, -0.2) is 12.5 Å². The summed E-state index contributed by atoms with van der Waals surface area (Å²) in [6.45, 7) is 0.670. The van der Waals surface area contributed by atoms with E-state index < -0.39 is 0 Å². The Labute approximate surface area is 126 Å². The highest BCUT2D eigenvalue weighted by Gasteiger charge is 2.08. The van der Waals surface area contributed by atoms with Crippen molar-refractivity contribution in [1.29, 1.82) is 0 Å². The van der Waals surface area contributed by atoms with E-state index in [2.05, 4.69) is 17.4 Å². The number of carbonyl (C=O) groups excluding carboxylic acids is 1. The minimum Gasteiger partial charge on any atom is -0.356 e. The van der Waals surface area contributed by atoms with E-state index >= 15 is 0 Å². The highest BCUT2D eigenvalue weighted by molar-refractivity contribution is 5.75. The molecule has 0 aliphatic rings. The predicted octanol–water partition coefficient (Wildman–Crippen LogP) is 2.83. The van der Waals surface area contributed by atoms with E-state index in [-0.39, 0.29) is 11.9 Å². The van der Waals surface area contributed by atoms with Gasteiger partial charge in [-0.25, -0.2) is 0 Å². The Hall–Kier alpha value is -2.13. The molecule has 3 N–H and O–H groups in total. The summed E-state index contributed by atoms with van der Waals surface area (Å²) in [4.78, 5) is 11.8. The quantitative estimate of drug-likeness (QED) is 0.820. The van der Waals surface area contributed by atoms with Crippen molar-refractivity contribution in [2.75, 3.05) is 6.54 Å². The van der Waals surface area contributed by atoms with Crippen LogP contribution in [0.5, 0.6) is 0 Å². The Morgan fingerprint density at radius 1 is 1.00 bits per heavy atom. The van der Waals surface area contributed by atoms with Crippen LogP contribution in [-0.2, 0) is 11.2 Å². The van der Waals surface area contributed by atoms with Gasteiger partial charge in [0.15, 0.2) is 0 Å². The van der Waals surface area contributed by atoms with E-state index in [0.29, 0.717) is 19.4 Å². The van der Waals surface area contributed by atoms with Crippen molar-refractivity contribution in [1.82, 2.24) is 5.32 Å². The third kappa shape index (κ3) is 5.40. The second kappa shape index (κ2) is 8.22. The fraction of sp³-hybridized carbons (Fsp3) is 0.278. The van der Waals surface area contributed by atoms with Crippen molar-refractivity contribution in [2.45, 2.75) is 25.3 Å². The van der Waals surface area contributed by atoms with Gasteiger partial charge in [-0.1, -0.05) is 60.7 Å². The monoisotopic (exact) mass is 282 g/mol. The van der Waals surface area contributed by atoms with E-state index in [9.17, 15) is 4.79 Å². The first-order chi connectivity index (χ1) is 10.3. The maximum Gasteiger partial charge on any atom is 0.220 e. The smallest absolute Gasteiger partial charge is 0.220 e. The minimum atomic E-state index is -0.0777. The van der Waals surface area contributed by atoms with Crippen molar-refractivity contribution in [3.63, 3.8) is 0 Å². The van der Waals surface area contributed by atoms with E-state index in [1.54, 1.807) is 0 Å². The summed E-state index contributed by atoms with van der Waals surface area (Å²) in [6, 6.07) is 20.0. The molecule has 21 heavy (non-hydrogen) atoms. The topological polar surface area (TPSA) is 55.1 Å². The Bertz CT molecular complexity index is 540. The minimum absolute atomic E-state index is 0.0670. The molecule has 1 amide bonds. The summed E-state index contributed by atoms with van der Waals surface area (Å²) in [6.07, 6.45) is 1.99. The third-order valence-corrected chi connectivity index (χ3v) is 3.49. The molecule has 0 heterocycles. The normalized spacial score (nSPS) is 11.9. The van der Waals surface area contributed by atoms with Gasteiger partial charge in [-0.3, -0.25) is 4.79 Å². The van der Waals surface area contributed by atoms with Crippen LogP contribution in [0.2, 0.25) is 0 Å². The first-order valence-electron chi connectivity index (χ1n) is 7.37. The molecule has 2 aromatic carbocycles. The van der Waals surface area contributed by atoms with E-state index in [1.165, 1.54) is 5.56 Å². The Kier molecular flexibility index (Phi) is 5.98. The lowest BCUT2D eigenvalue weighted by Gasteiger charge is -2.11. The number of nitrogens with one attached hydrogen (secondary N) is 1. The van der Waals surface area contributed by atoms with Crippen LogP contribution >= 0.6 is 0 Å². The van der Waals surface area contributed by atoms with Gasteiger partial charge in [0.05, 0.1) is 0 Å². The van der Waals surface area contributed by atoms with Gasteiger partial charge in [0, 0.05) is 19.0 Å².